The molecule has 0 unspecified atom stereocenters. The van der Waals surface area contributed by atoms with Crippen LogP contribution in [-0.4, -0.2) is 37.0 Å². The number of aryl methyl sites for hydroxylation is 1. The van der Waals surface area contributed by atoms with E-state index in [2.05, 4.69) is 0 Å². The highest BCUT2D eigenvalue weighted by Gasteiger charge is 2.19. The lowest BCUT2D eigenvalue weighted by molar-refractivity contribution is 0.0693. The number of phenols is 1. The summed E-state index contributed by atoms with van der Waals surface area (Å²) in [6.45, 7) is 1.81. The van der Waals surface area contributed by atoms with Gasteiger partial charge in [0.25, 0.3) is 0 Å². The first kappa shape index (κ1) is 19.1. The molecule has 0 aliphatic carbocycles. The molecule has 8 heteroatoms. The van der Waals surface area contributed by atoms with E-state index in [0.29, 0.717) is 5.56 Å². The van der Waals surface area contributed by atoms with E-state index in [-0.39, 0.29) is 45.8 Å². The molecule has 0 fully saturated rings. The van der Waals surface area contributed by atoms with Gasteiger partial charge in [0.15, 0.2) is 9.84 Å². The zero-order chi connectivity index (χ0) is 18.6. The molecule has 0 saturated heterocycles. The molecule has 0 bridgehead atoms. The molecule has 0 aliphatic rings. The summed E-state index contributed by atoms with van der Waals surface area (Å²) >= 11 is 6.06. The first-order chi connectivity index (χ1) is 11.7. The minimum Gasteiger partial charge on any atom is -0.507 e. The van der Waals surface area contributed by atoms with E-state index in [1.165, 1.54) is 24.3 Å². The predicted molar refractivity (Wildman–Crippen MR) is 93.4 cm³/mol. The van der Waals surface area contributed by atoms with Gasteiger partial charge in [0.2, 0.25) is 0 Å². The van der Waals surface area contributed by atoms with E-state index in [4.69, 9.17) is 21.4 Å². The number of sulfone groups is 1. The van der Waals surface area contributed by atoms with Crippen molar-refractivity contribution in [3.8, 4) is 11.5 Å². The Bertz CT molecular complexity index is 892. The minimum absolute atomic E-state index is 0.0759. The van der Waals surface area contributed by atoms with Crippen LogP contribution in [0.1, 0.15) is 22.3 Å². The monoisotopic (exact) mass is 384 g/mol. The van der Waals surface area contributed by atoms with Gasteiger partial charge in [-0.1, -0.05) is 23.7 Å². The van der Waals surface area contributed by atoms with Crippen molar-refractivity contribution in [1.82, 2.24) is 0 Å². The van der Waals surface area contributed by atoms with Crippen LogP contribution in [-0.2, 0) is 9.84 Å². The van der Waals surface area contributed by atoms with Gasteiger partial charge in [-0.15, -0.1) is 0 Å². The molecule has 25 heavy (non-hydrogen) atoms. The lowest BCUT2D eigenvalue weighted by Crippen LogP contribution is -2.11. The molecule has 0 atom stereocenters. The summed E-state index contributed by atoms with van der Waals surface area (Å²) in [4.78, 5) is 11.0. The van der Waals surface area contributed by atoms with Gasteiger partial charge < -0.3 is 14.9 Å². The maximum Gasteiger partial charge on any atom is 0.339 e. The molecule has 134 valence electrons. The Morgan fingerprint density at radius 2 is 1.96 bits per heavy atom. The second kappa shape index (κ2) is 7.76. The van der Waals surface area contributed by atoms with Gasteiger partial charge in [-0.2, -0.15) is 0 Å². The minimum atomic E-state index is -3.54. The fraction of sp³-hybridized carbons (Fsp3) is 0.235. The van der Waals surface area contributed by atoms with Crippen LogP contribution in [0.4, 0.5) is 0 Å². The van der Waals surface area contributed by atoms with Crippen molar-refractivity contribution in [2.75, 3.05) is 12.4 Å². The van der Waals surface area contributed by atoms with E-state index in [1.807, 2.05) is 0 Å². The van der Waals surface area contributed by atoms with Crippen LogP contribution >= 0.6 is 11.6 Å². The van der Waals surface area contributed by atoms with Crippen molar-refractivity contribution in [3.63, 3.8) is 0 Å². The van der Waals surface area contributed by atoms with Crippen molar-refractivity contribution in [1.29, 1.82) is 0 Å². The van der Waals surface area contributed by atoms with E-state index in [0.717, 1.165) is 0 Å². The van der Waals surface area contributed by atoms with Crippen molar-refractivity contribution in [2.24, 2.45) is 0 Å². The number of aromatic carboxylic acids is 1. The third kappa shape index (κ3) is 4.64. The molecule has 0 aliphatic heterocycles. The highest BCUT2D eigenvalue weighted by Crippen LogP contribution is 2.26. The van der Waals surface area contributed by atoms with Gasteiger partial charge in [0, 0.05) is 0 Å². The number of hydrogen-bond donors (Lipinski definition) is 2. The molecule has 0 aromatic heterocycles. The number of aromatic hydroxyl groups is 1. The Morgan fingerprint density at radius 3 is 2.64 bits per heavy atom. The van der Waals surface area contributed by atoms with Crippen LogP contribution in [0.3, 0.4) is 0 Å². The normalized spacial score (nSPS) is 11.3. The molecule has 0 saturated carbocycles. The lowest BCUT2D eigenvalue weighted by atomic mass is 10.2. The van der Waals surface area contributed by atoms with E-state index in [9.17, 15) is 18.3 Å². The van der Waals surface area contributed by atoms with Crippen LogP contribution in [0.15, 0.2) is 41.3 Å². The Balaban J connectivity index is 1.98. The number of halogens is 1. The van der Waals surface area contributed by atoms with E-state index < -0.39 is 15.8 Å². The van der Waals surface area contributed by atoms with Crippen LogP contribution in [0, 0.1) is 6.92 Å². The van der Waals surface area contributed by atoms with Crippen LogP contribution < -0.4 is 4.74 Å². The molecule has 0 amide bonds. The smallest absolute Gasteiger partial charge is 0.339 e. The van der Waals surface area contributed by atoms with Crippen molar-refractivity contribution < 1.29 is 28.2 Å². The molecule has 0 radical (unpaired) electrons. The molecular formula is C17H17ClO6S. The van der Waals surface area contributed by atoms with Crippen molar-refractivity contribution >= 4 is 27.4 Å². The number of carboxylic acids is 1. The summed E-state index contributed by atoms with van der Waals surface area (Å²) in [5.74, 6) is -1.56. The SMILES string of the molecule is Cc1cccc(S(=O)(=O)CCCOc2ccc(O)c(C(=O)O)c2)c1Cl. The van der Waals surface area contributed by atoms with E-state index >= 15 is 0 Å². The highest BCUT2D eigenvalue weighted by molar-refractivity contribution is 7.91. The Hall–Kier alpha value is -2.25. The molecule has 2 aromatic rings. The third-order valence-electron chi connectivity index (χ3n) is 3.52. The molecule has 2 N–H and O–H groups in total. The second-order valence-corrected chi connectivity index (χ2v) is 7.85. The van der Waals surface area contributed by atoms with Crippen LogP contribution in [0.25, 0.3) is 0 Å². The average molecular weight is 385 g/mol. The Labute approximate surface area is 150 Å². The quantitative estimate of drug-likeness (QED) is 0.710. The number of ether oxygens (including phenoxy) is 1. The van der Waals surface area contributed by atoms with Crippen molar-refractivity contribution in [2.45, 2.75) is 18.2 Å². The molecule has 0 spiro atoms. The first-order valence-corrected chi connectivity index (χ1v) is 9.42. The topological polar surface area (TPSA) is 101 Å². The van der Waals surface area contributed by atoms with Gasteiger partial charge in [-0.3, -0.25) is 0 Å². The molecular weight excluding hydrogens is 368 g/mol. The fourth-order valence-electron chi connectivity index (χ4n) is 2.19. The second-order valence-electron chi connectivity index (χ2n) is 5.39. The summed E-state index contributed by atoms with van der Waals surface area (Å²) in [6.07, 6.45) is 0.204. The summed E-state index contributed by atoms with van der Waals surface area (Å²) in [5, 5.41) is 18.6. The van der Waals surface area contributed by atoms with Crippen LogP contribution in [0.5, 0.6) is 11.5 Å². The molecule has 2 aromatic carbocycles. The zero-order valence-electron chi connectivity index (χ0n) is 13.4. The Kier molecular flexibility index (Phi) is 5.92. The number of hydrogen-bond acceptors (Lipinski definition) is 5. The number of carboxylic acid groups (broad SMARTS) is 1. The largest absolute Gasteiger partial charge is 0.507 e. The summed E-state index contributed by atoms with van der Waals surface area (Å²) in [7, 11) is -3.54. The Morgan fingerprint density at radius 1 is 1.24 bits per heavy atom. The number of benzene rings is 2. The maximum absolute atomic E-state index is 12.4. The molecule has 2 rings (SSSR count). The van der Waals surface area contributed by atoms with E-state index in [1.54, 1.807) is 19.1 Å². The molecule has 6 nitrogen and oxygen atoms in total. The molecule has 0 heterocycles. The zero-order valence-corrected chi connectivity index (χ0v) is 15.0. The lowest BCUT2D eigenvalue weighted by Gasteiger charge is -2.10. The maximum atomic E-state index is 12.4. The summed E-state index contributed by atoms with van der Waals surface area (Å²) in [5.41, 5.74) is 0.404. The standard InChI is InChI=1S/C17H17ClO6S/c1-11-4-2-5-15(16(11)18)25(22,23)9-3-8-24-12-6-7-14(19)13(10-12)17(20)21/h2,4-7,10,19H,3,8-9H2,1H3,(H,20,21). The van der Waals surface area contributed by atoms with Crippen molar-refractivity contribution in [3.05, 3.63) is 52.5 Å². The number of rotatable bonds is 7. The third-order valence-corrected chi connectivity index (χ3v) is 5.97. The van der Waals surface area contributed by atoms with Gasteiger partial charge >= 0.3 is 5.97 Å². The van der Waals surface area contributed by atoms with Gasteiger partial charge in [0.05, 0.1) is 22.3 Å². The number of carbonyl (C=O) groups is 1. The highest BCUT2D eigenvalue weighted by atomic mass is 35.5. The predicted octanol–water partition coefficient (Wildman–Crippen LogP) is 3.30. The fourth-order valence-corrected chi connectivity index (χ4v) is 4.10. The van der Waals surface area contributed by atoms with Gasteiger partial charge in [0.1, 0.15) is 17.1 Å². The first-order valence-electron chi connectivity index (χ1n) is 7.39. The van der Waals surface area contributed by atoms with Gasteiger partial charge in [-0.05, 0) is 43.2 Å². The van der Waals surface area contributed by atoms with Gasteiger partial charge in [-0.25, -0.2) is 13.2 Å². The summed E-state index contributed by atoms with van der Waals surface area (Å²) in [6, 6.07) is 8.63. The van der Waals surface area contributed by atoms with Crippen LogP contribution in [0.2, 0.25) is 5.02 Å². The summed E-state index contributed by atoms with van der Waals surface area (Å²) < 4.78 is 30.1. The average Bonchev–Trinajstić information content (AvgIpc) is 2.55.